The summed E-state index contributed by atoms with van der Waals surface area (Å²) in [6, 6.07) is 9.38. The molecule has 0 aliphatic rings. The number of carbonyl (C=O) groups excluding carboxylic acids is 2. The summed E-state index contributed by atoms with van der Waals surface area (Å²) in [7, 11) is -2.50. The lowest BCUT2D eigenvalue weighted by atomic mass is 10.2. The largest absolute Gasteiger partial charge is 0.465 e. The number of hydrogen-bond donors (Lipinski definition) is 1. The highest BCUT2D eigenvalue weighted by Crippen LogP contribution is 2.19. The minimum Gasteiger partial charge on any atom is -0.465 e. The van der Waals surface area contributed by atoms with Crippen LogP contribution in [-0.4, -0.2) is 45.2 Å². The van der Waals surface area contributed by atoms with Gasteiger partial charge >= 0.3 is 5.97 Å². The lowest BCUT2D eigenvalue weighted by molar-refractivity contribution is -0.119. The zero-order valence-electron chi connectivity index (χ0n) is 14.4. The second-order valence-corrected chi connectivity index (χ2v) is 7.35. The second-order valence-electron chi connectivity index (χ2n) is 5.44. The van der Waals surface area contributed by atoms with Crippen molar-refractivity contribution >= 4 is 27.6 Å². The van der Waals surface area contributed by atoms with E-state index >= 15 is 0 Å². The summed E-state index contributed by atoms with van der Waals surface area (Å²) in [4.78, 5) is 27.7. The van der Waals surface area contributed by atoms with E-state index in [1.165, 1.54) is 31.4 Å². The van der Waals surface area contributed by atoms with Gasteiger partial charge < -0.3 is 10.1 Å². The average molecular weight is 377 g/mol. The molecule has 1 heterocycles. The van der Waals surface area contributed by atoms with Crippen LogP contribution in [0.25, 0.3) is 0 Å². The van der Waals surface area contributed by atoms with Crippen molar-refractivity contribution in [3.63, 3.8) is 0 Å². The number of ether oxygens (including phenoxy) is 1. The summed E-state index contributed by atoms with van der Waals surface area (Å²) in [5, 5.41) is 2.66. The van der Waals surface area contributed by atoms with Crippen LogP contribution in [0.4, 0.5) is 5.69 Å². The van der Waals surface area contributed by atoms with Crippen LogP contribution in [-0.2, 0) is 26.1 Å². The Hall–Kier alpha value is -2.94. The molecule has 0 saturated heterocycles. The van der Waals surface area contributed by atoms with Crippen LogP contribution in [0.5, 0.6) is 0 Å². The van der Waals surface area contributed by atoms with Gasteiger partial charge in [0.05, 0.1) is 24.6 Å². The SMILES string of the molecule is COC(=O)c1cccc(N(CC(=O)NCc2ccncc2)S(C)(=O)=O)c1. The number of carbonyl (C=O) groups is 2. The highest BCUT2D eigenvalue weighted by molar-refractivity contribution is 7.92. The van der Waals surface area contributed by atoms with Gasteiger partial charge in [-0.25, -0.2) is 13.2 Å². The molecule has 0 aliphatic heterocycles. The molecule has 138 valence electrons. The van der Waals surface area contributed by atoms with Crippen molar-refractivity contribution in [1.29, 1.82) is 0 Å². The van der Waals surface area contributed by atoms with Crippen LogP contribution in [0.2, 0.25) is 0 Å². The molecule has 8 nitrogen and oxygen atoms in total. The van der Waals surface area contributed by atoms with Crippen molar-refractivity contribution in [1.82, 2.24) is 10.3 Å². The predicted molar refractivity (Wildman–Crippen MR) is 96.1 cm³/mol. The van der Waals surface area contributed by atoms with Crippen LogP contribution < -0.4 is 9.62 Å². The van der Waals surface area contributed by atoms with E-state index in [0.29, 0.717) is 0 Å². The number of anilines is 1. The summed E-state index contributed by atoms with van der Waals surface area (Å²) in [5.41, 5.74) is 1.23. The second kappa shape index (κ2) is 8.43. The number of rotatable bonds is 7. The maximum atomic E-state index is 12.2. The molecule has 0 unspecified atom stereocenters. The van der Waals surface area contributed by atoms with Crippen molar-refractivity contribution in [3.05, 3.63) is 59.9 Å². The van der Waals surface area contributed by atoms with Gasteiger partial charge in [0, 0.05) is 18.9 Å². The number of benzene rings is 1. The molecule has 2 rings (SSSR count). The molecule has 0 spiro atoms. The molecule has 26 heavy (non-hydrogen) atoms. The zero-order valence-corrected chi connectivity index (χ0v) is 15.2. The Bertz CT molecular complexity index is 884. The molecule has 2 aromatic rings. The number of nitrogens with zero attached hydrogens (tertiary/aromatic N) is 2. The molecule has 0 radical (unpaired) electrons. The molecule has 0 fully saturated rings. The van der Waals surface area contributed by atoms with Crippen molar-refractivity contribution in [3.8, 4) is 0 Å². The average Bonchev–Trinajstić information content (AvgIpc) is 2.63. The molecule has 0 saturated carbocycles. The number of hydrogen-bond acceptors (Lipinski definition) is 6. The van der Waals surface area contributed by atoms with Gasteiger partial charge in [0.25, 0.3) is 0 Å². The highest BCUT2D eigenvalue weighted by atomic mass is 32.2. The van der Waals surface area contributed by atoms with Crippen molar-refractivity contribution < 1.29 is 22.7 Å². The number of methoxy groups -OCH3 is 1. The minimum absolute atomic E-state index is 0.191. The van der Waals surface area contributed by atoms with E-state index in [1.807, 2.05) is 0 Å². The van der Waals surface area contributed by atoms with Crippen molar-refractivity contribution in [2.24, 2.45) is 0 Å². The van der Waals surface area contributed by atoms with Gasteiger partial charge in [0.2, 0.25) is 15.9 Å². The summed E-state index contributed by atoms with van der Waals surface area (Å²) in [5.74, 6) is -1.07. The molecule has 1 N–H and O–H groups in total. The molecule has 0 aliphatic carbocycles. The molecule has 1 aromatic carbocycles. The Labute approximate surface area is 151 Å². The maximum Gasteiger partial charge on any atom is 0.337 e. The first-order valence-electron chi connectivity index (χ1n) is 7.63. The number of amides is 1. The molecule has 1 aromatic heterocycles. The monoisotopic (exact) mass is 377 g/mol. The molecular formula is C17H19N3O5S. The van der Waals surface area contributed by atoms with Crippen LogP contribution >= 0.6 is 0 Å². The number of aromatic nitrogens is 1. The van der Waals surface area contributed by atoms with Gasteiger partial charge in [-0.1, -0.05) is 6.07 Å². The van der Waals surface area contributed by atoms with Gasteiger partial charge in [0.1, 0.15) is 6.54 Å². The van der Waals surface area contributed by atoms with Gasteiger partial charge in [-0.2, -0.15) is 0 Å². The number of sulfonamides is 1. The lowest BCUT2D eigenvalue weighted by Crippen LogP contribution is -2.40. The summed E-state index contributed by atoms with van der Waals surface area (Å²) in [6.07, 6.45) is 4.19. The number of esters is 1. The first-order valence-corrected chi connectivity index (χ1v) is 9.48. The third kappa shape index (κ3) is 5.28. The standard InChI is InChI=1S/C17H19N3O5S/c1-25-17(22)14-4-3-5-15(10-14)20(26(2,23)24)12-16(21)19-11-13-6-8-18-9-7-13/h3-10H,11-12H2,1-2H3,(H,19,21). The van der Waals surface area contributed by atoms with Gasteiger partial charge in [-0.3, -0.25) is 14.1 Å². The Kier molecular flexibility index (Phi) is 6.29. The van der Waals surface area contributed by atoms with E-state index in [4.69, 9.17) is 0 Å². The first kappa shape index (κ1) is 19.4. The first-order chi connectivity index (χ1) is 12.3. The van der Waals surface area contributed by atoms with Crippen molar-refractivity contribution in [2.45, 2.75) is 6.54 Å². The van der Waals surface area contributed by atoms with Gasteiger partial charge in [0.15, 0.2) is 0 Å². The lowest BCUT2D eigenvalue weighted by Gasteiger charge is -2.22. The van der Waals surface area contributed by atoms with E-state index in [1.54, 1.807) is 24.5 Å². The fourth-order valence-electron chi connectivity index (χ4n) is 2.19. The van der Waals surface area contributed by atoms with Crippen molar-refractivity contribution in [2.75, 3.05) is 24.2 Å². The van der Waals surface area contributed by atoms with Gasteiger partial charge in [-0.05, 0) is 35.9 Å². The van der Waals surface area contributed by atoms with E-state index in [9.17, 15) is 18.0 Å². The van der Waals surface area contributed by atoms with E-state index < -0.39 is 28.4 Å². The van der Waals surface area contributed by atoms with Gasteiger partial charge in [-0.15, -0.1) is 0 Å². The van der Waals surface area contributed by atoms with E-state index in [0.717, 1.165) is 16.1 Å². The molecule has 9 heteroatoms. The Morgan fingerprint density at radius 3 is 2.50 bits per heavy atom. The van der Waals surface area contributed by atoms with E-state index in [2.05, 4.69) is 15.0 Å². The quantitative estimate of drug-likeness (QED) is 0.720. The topological polar surface area (TPSA) is 106 Å². The number of nitrogens with one attached hydrogen (secondary N) is 1. The minimum atomic E-state index is -3.73. The van der Waals surface area contributed by atoms with Crippen LogP contribution in [0, 0.1) is 0 Å². The van der Waals surface area contributed by atoms with Crippen LogP contribution in [0.15, 0.2) is 48.8 Å². The zero-order chi connectivity index (χ0) is 19.2. The van der Waals surface area contributed by atoms with Crippen LogP contribution in [0.1, 0.15) is 15.9 Å². The maximum absolute atomic E-state index is 12.2. The van der Waals surface area contributed by atoms with Crippen LogP contribution in [0.3, 0.4) is 0 Å². The molecule has 0 atom stereocenters. The fraction of sp³-hybridized carbons (Fsp3) is 0.235. The normalized spacial score (nSPS) is 10.8. The highest BCUT2D eigenvalue weighted by Gasteiger charge is 2.21. The third-order valence-corrected chi connectivity index (χ3v) is 4.62. The molecule has 1 amide bonds. The number of pyridine rings is 1. The summed E-state index contributed by atoms with van der Waals surface area (Å²) < 4.78 is 29.8. The fourth-order valence-corrected chi connectivity index (χ4v) is 3.04. The predicted octanol–water partition coefficient (Wildman–Crippen LogP) is 0.951. The summed E-state index contributed by atoms with van der Waals surface area (Å²) >= 11 is 0. The van der Waals surface area contributed by atoms with E-state index in [-0.39, 0.29) is 17.8 Å². The Morgan fingerprint density at radius 1 is 1.19 bits per heavy atom. The molecular weight excluding hydrogens is 358 g/mol. The molecule has 0 bridgehead atoms. The summed E-state index contributed by atoms with van der Waals surface area (Å²) in [6.45, 7) is -0.157. The Morgan fingerprint density at radius 2 is 1.88 bits per heavy atom. The smallest absolute Gasteiger partial charge is 0.337 e. The Balaban J connectivity index is 2.15. The third-order valence-electron chi connectivity index (χ3n) is 3.48.